The van der Waals surface area contributed by atoms with Gasteiger partial charge in [-0.15, -0.1) is 0 Å². The highest BCUT2D eigenvalue weighted by Crippen LogP contribution is 2.26. The number of esters is 1. The Labute approximate surface area is 194 Å². The lowest BCUT2D eigenvalue weighted by Gasteiger charge is -2.31. The standard InChI is InChI=1S/C24H30N2O6S/c1-3-31-21-11-13-22(14-12-21)33(29,30)26-15-5-6-19(17-26)24(28)25-20-9-7-18(8-10-20)16-23(27)32-4-2/h7-14,19H,3-6,15-17H2,1-2H3,(H,25,28)/t19-/m1/s1. The molecule has 0 unspecified atom stereocenters. The monoisotopic (exact) mass is 474 g/mol. The zero-order valence-electron chi connectivity index (χ0n) is 19.0. The first-order chi connectivity index (χ1) is 15.8. The first kappa shape index (κ1) is 24.7. The van der Waals surface area contributed by atoms with E-state index < -0.39 is 15.9 Å². The summed E-state index contributed by atoms with van der Waals surface area (Å²) in [5.41, 5.74) is 1.39. The molecule has 0 radical (unpaired) electrons. The average Bonchev–Trinajstić information content (AvgIpc) is 2.81. The van der Waals surface area contributed by atoms with Crippen LogP contribution in [-0.4, -0.2) is 50.9 Å². The van der Waals surface area contributed by atoms with Gasteiger partial charge in [0, 0.05) is 18.8 Å². The molecule has 1 N–H and O–H groups in total. The molecule has 2 aromatic carbocycles. The molecule has 1 heterocycles. The Morgan fingerprint density at radius 1 is 1.03 bits per heavy atom. The topological polar surface area (TPSA) is 102 Å². The highest BCUT2D eigenvalue weighted by molar-refractivity contribution is 7.89. The van der Waals surface area contributed by atoms with Gasteiger partial charge in [0.05, 0.1) is 30.4 Å². The lowest BCUT2D eigenvalue weighted by atomic mass is 9.98. The third kappa shape index (κ3) is 6.55. The molecular formula is C24H30N2O6S. The number of sulfonamides is 1. The van der Waals surface area contributed by atoms with Crippen molar-refractivity contribution in [2.45, 2.75) is 38.0 Å². The molecule has 33 heavy (non-hydrogen) atoms. The Morgan fingerprint density at radius 3 is 2.36 bits per heavy atom. The fourth-order valence-corrected chi connectivity index (χ4v) is 5.25. The van der Waals surface area contributed by atoms with E-state index >= 15 is 0 Å². The van der Waals surface area contributed by atoms with Crippen LogP contribution < -0.4 is 10.1 Å². The van der Waals surface area contributed by atoms with E-state index in [0.29, 0.717) is 44.0 Å². The van der Waals surface area contributed by atoms with Crippen molar-refractivity contribution in [3.63, 3.8) is 0 Å². The van der Waals surface area contributed by atoms with Crippen LogP contribution in [0.3, 0.4) is 0 Å². The SMILES string of the molecule is CCOC(=O)Cc1ccc(NC(=O)[C@@H]2CCCN(S(=O)(=O)c3ccc(OCC)cc3)C2)cc1. The number of carbonyl (C=O) groups excluding carboxylic acids is 2. The molecule has 0 aromatic heterocycles. The van der Waals surface area contributed by atoms with Crippen LogP contribution >= 0.6 is 0 Å². The molecule has 0 spiro atoms. The minimum absolute atomic E-state index is 0.127. The maximum absolute atomic E-state index is 13.1. The summed E-state index contributed by atoms with van der Waals surface area (Å²) < 4.78 is 37.8. The Kier molecular flexibility index (Phi) is 8.46. The fourth-order valence-electron chi connectivity index (χ4n) is 3.73. The van der Waals surface area contributed by atoms with Crippen molar-refractivity contribution in [1.29, 1.82) is 0 Å². The van der Waals surface area contributed by atoms with Gasteiger partial charge in [0.2, 0.25) is 15.9 Å². The van der Waals surface area contributed by atoms with Crippen molar-refractivity contribution in [2.75, 3.05) is 31.6 Å². The molecule has 0 bridgehead atoms. The molecular weight excluding hydrogens is 444 g/mol. The summed E-state index contributed by atoms with van der Waals surface area (Å²) in [6.07, 6.45) is 1.39. The number of piperidine rings is 1. The number of rotatable bonds is 9. The first-order valence-corrected chi connectivity index (χ1v) is 12.6. The van der Waals surface area contributed by atoms with Crippen LogP contribution in [0, 0.1) is 5.92 Å². The van der Waals surface area contributed by atoms with Crippen molar-refractivity contribution in [1.82, 2.24) is 4.31 Å². The normalized spacial score (nSPS) is 16.7. The maximum atomic E-state index is 13.1. The molecule has 0 aliphatic carbocycles. The zero-order chi connectivity index (χ0) is 23.8. The zero-order valence-corrected chi connectivity index (χ0v) is 19.8. The van der Waals surface area contributed by atoms with Gasteiger partial charge < -0.3 is 14.8 Å². The van der Waals surface area contributed by atoms with Crippen LogP contribution in [0.2, 0.25) is 0 Å². The Bertz CT molecular complexity index is 1050. The molecule has 178 valence electrons. The number of ether oxygens (including phenoxy) is 2. The first-order valence-electron chi connectivity index (χ1n) is 11.1. The molecule has 1 aliphatic rings. The van der Waals surface area contributed by atoms with E-state index in [4.69, 9.17) is 9.47 Å². The third-order valence-corrected chi connectivity index (χ3v) is 7.28. The molecule has 1 fully saturated rings. The van der Waals surface area contributed by atoms with Crippen LogP contribution in [0.25, 0.3) is 0 Å². The summed E-state index contributed by atoms with van der Waals surface area (Å²) in [6.45, 7) is 4.96. The van der Waals surface area contributed by atoms with E-state index in [1.807, 2.05) is 6.92 Å². The summed E-state index contributed by atoms with van der Waals surface area (Å²) in [7, 11) is -3.70. The summed E-state index contributed by atoms with van der Waals surface area (Å²) in [6, 6.07) is 13.3. The van der Waals surface area contributed by atoms with E-state index in [-0.39, 0.29) is 29.7 Å². The second-order valence-electron chi connectivity index (χ2n) is 7.77. The molecule has 9 heteroatoms. The van der Waals surface area contributed by atoms with E-state index in [2.05, 4.69) is 5.32 Å². The van der Waals surface area contributed by atoms with E-state index in [1.165, 1.54) is 16.4 Å². The van der Waals surface area contributed by atoms with E-state index in [0.717, 1.165) is 5.56 Å². The second kappa shape index (κ2) is 11.3. The van der Waals surface area contributed by atoms with Crippen molar-refractivity contribution in [2.24, 2.45) is 5.92 Å². The van der Waals surface area contributed by atoms with Crippen molar-refractivity contribution in [3.8, 4) is 5.75 Å². The third-order valence-electron chi connectivity index (χ3n) is 5.40. The molecule has 8 nitrogen and oxygen atoms in total. The number of amides is 1. The molecule has 1 atom stereocenters. The van der Waals surface area contributed by atoms with Crippen LogP contribution in [0.15, 0.2) is 53.4 Å². The lowest BCUT2D eigenvalue weighted by molar-refractivity contribution is -0.142. The van der Waals surface area contributed by atoms with Gasteiger partial charge in [0.1, 0.15) is 5.75 Å². The van der Waals surface area contributed by atoms with E-state index in [9.17, 15) is 18.0 Å². The minimum atomic E-state index is -3.70. The Morgan fingerprint density at radius 2 is 1.73 bits per heavy atom. The number of hydrogen-bond acceptors (Lipinski definition) is 6. The molecule has 1 aliphatic heterocycles. The fraction of sp³-hybridized carbons (Fsp3) is 0.417. The summed E-state index contributed by atoms with van der Waals surface area (Å²) in [5.74, 6) is -0.360. The number of anilines is 1. The van der Waals surface area contributed by atoms with Gasteiger partial charge in [0.15, 0.2) is 0 Å². The molecule has 1 saturated heterocycles. The Balaban J connectivity index is 1.61. The highest BCUT2D eigenvalue weighted by Gasteiger charge is 2.33. The summed E-state index contributed by atoms with van der Waals surface area (Å²) in [4.78, 5) is 24.6. The molecule has 1 amide bonds. The van der Waals surface area contributed by atoms with Gasteiger partial charge in [-0.3, -0.25) is 9.59 Å². The number of nitrogens with zero attached hydrogens (tertiary/aromatic N) is 1. The predicted molar refractivity (Wildman–Crippen MR) is 125 cm³/mol. The maximum Gasteiger partial charge on any atom is 0.310 e. The number of carbonyl (C=O) groups is 2. The van der Waals surface area contributed by atoms with Gasteiger partial charge in [-0.25, -0.2) is 8.42 Å². The number of hydrogen-bond donors (Lipinski definition) is 1. The molecule has 2 aromatic rings. The Hall–Kier alpha value is -2.91. The number of nitrogens with one attached hydrogen (secondary N) is 1. The largest absolute Gasteiger partial charge is 0.494 e. The van der Waals surface area contributed by atoms with Gasteiger partial charge in [-0.1, -0.05) is 12.1 Å². The minimum Gasteiger partial charge on any atom is -0.494 e. The highest BCUT2D eigenvalue weighted by atomic mass is 32.2. The number of benzene rings is 2. The summed E-state index contributed by atoms with van der Waals surface area (Å²) in [5, 5.41) is 2.86. The smallest absolute Gasteiger partial charge is 0.310 e. The van der Waals surface area contributed by atoms with Crippen LogP contribution in [-0.2, 0) is 30.8 Å². The molecule has 3 rings (SSSR count). The predicted octanol–water partition coefficient (Wildman–Crippen LogP) is 3.23. The van der Waals surface area contributed by atoms with Crippen molar-refractivity contribution in [3.05, 3.63) is 54.1 Å². The van der Waals surface area contributed by atoms with E-state index in [1.54, 1.807) is 43.3 Å². The second-order valence-corrected chi connectivity index (χ2v) is 9.71. The van der Waals surface area contributed by atoms with Gasteiger partial charge in [-0.05, 0) is 68.7 Å². The lowest BCUT2D eigenvalue weighted by Crippen LogP contribution is -2.43. The molecule has 0 saturated carbocycles. The quantitative estimate of drug-likeness (QED) is 0.560. The van der Waals surface area contributed by atoms with Crippen molar-refractivity contribution < 1.29 is 27.5 Å². The average molecular weight is 475 g/mol. The van der Waals surface area contributed by atoms with Crippen LogP contribution in [0.5, 0.6) is 5.75 Å². The van der Waals surface area contributed by atoms with Crippen molar-refractivity contribution >= 4 is 27.6 Å². The van der Waals surface area contributed by atoms with Crippen LogP contribution in [0.1, 0.15) is 32.3 Å². The van der Waals surface area contributed by atoms with Gasteiger partial charge in [-0.2, -0.15) is 4.31 Å². The van der Waals surface area contributed by atoms with Crippen LogP contribution in [0.4, 0.5) is 5.69 Å². The summed E-state index contributed by atoms with van der Waals surface area (Å²) >= 11 is 0. The van der Waals surface area contributed by atoms with Gasteiger partial charge in [0.25, 0.3) is 0 Å². The van der Waals surface area contributed by atoms with Gasteiger partial charge >= 0.3 is 5.97 Å².